The van der Waals surface area contributed by atoms with Crippen LogP contribution >= 0.6 is 11.3 Å². The molecule has 1 N–H and O–H groups in total. The average molecular weight is 164 g/mol. The number of thiophene rings is 1. The highest BCUT2D eigenvalue weighted by Crippen LogP contribution is 2.29. The van der Waals surface area contributed by atoms with E-state index in [-0.39, 0.29) is 0 Å². The largest absolute Gasteiger partial charge is 0.508 e. The number of aryl methyl sites for hydroxylation is 1. The van der Waals surface area contributed by atoms with Gasteiger partial charge in [-0.15, -0.1) is 11.3 Å². The van der Waals surface area contributed by atoms with Gasteiger partial charge in [-0.2, -0.15) is 0 Å². The number of fused-ring (bicyclic) bond motifs is 1. The van der Waals surface area contributed by atoms with Crippen molar-refractivity contribution in [3.8, 4) is 5.75 Å². The molecule has 0 aliphatic carbocycles. The summed E-state index contributed by atoms with van der Waals surface area (Å²) < 4.78 is 1.19. The lowest BCUT2D eigenvalue weighted by Crippen LogP contribution is -1.72. The fraction of sp³-hybridized carbons (Fsp3) is 0.111. The second-order valence-corrected chi connectivity index (χ2v) is 3.46. The zero-order valence-corrected chi connectivity index (χ0v) is 6.98. The van der Waals surface area contributed by atoms with Gasteiger partial charge in [-0.05, 0) is 35.9 Å². The second-order valence-electron chi connectivity index (χ2n) is 2.55. The minimum Gasteiger partial charge on any atom is -0.508 e. The number of hydrogen-bond donors (Lipinski definition) is 1. The van der Waals surface area contributed by atoms with Crippen LogP contribution in [0.3, 0.4) is 0 Å². The Morgan fingerprint density at radius 1 is 1.27 bits per heavy atom. The van der Waals surface area contributed by atoms with Crippen molar-refractivity contribution in [1.29, 1.82) is 0 Å². The number of phenolic OH excluding ortho intramolecular Hbond substituents is 1. The van der Waals surface area contributed by atoms with E-state index in [1.165, 1.54) is 10.1 Å². The minimum atomic E-state index is 0.389. The van der Waals surface area contributed by atoms with Gasteiger partial charge >= 0.3 is 0 Å². The molecule has 0 saturated carbocycles. The van der Waals surface area contributed by atoms with Crippen LogP contribution in [0.1, 0.15) is 5.56 Å². The lowest BCUT2D eigenvalue weighted by atomic mass is 10.2. The summed E-state index contributed by atoms with van der Waals surface area (Å²) >= 11 is 1.67. The molecule has 56 valence electrons. The molecule has 11 heavy (non-hydrogen) atoms. The summed E-state index contributed by atoms with van der Waals surface area (Å²) in [6.07, 6.45) is 0. The minimum absolute atomic E-state index is 0.389. The zero-order valence-electron chi connectivity index (χ0n) is 6.16. The molecular formula is C9H8OS. The Bertz CT molecular complexity index is 389. The number of benzene rings is 1. The summed E-state index contributed by atoms with van der Waals surface area (Å²) in [5, 5.41) is 12.6. The molecular weight excluding hydrogens is 156 g/mol. The van der Waals surface area contributed by atoms with Crippen LogP contribution in [0.5, 0.6) is 5.75 Å². The number of phenols is 1. The van der Waals surface area contributed by atoms with Gasteiger partial charge in [0.1, 0.15) is 5.75 Å². The molecule has 0 saturated heterocycles. The Balaban J connectivity index is 2.93. The van der Waals surface area contributed by atoms with Crippen LogP contribution in [-0.2, 0) is 0 Å². The molecule has 0 aliphatic rings. The molecule has 0 radical (unpaired) electrons. The Kier molecular flexibility index (Phi) is 1.36. The molecule has 0 bridgehead atoms. The van der Waals surface area contributed by atoms with Gasteiger partial charge in [0.25, 0.3) is 0 Å². The van der Waals surface area contributed by atoms with Crippen LogP contribution in [0, 0.1) is 6.92 Å². The van der Waals surface area contributed by atoms with Gasteiger partial charge in [-0.3, -0.25) is 0 Å². The number of hydrogen-bond acceptors (Lipinski definition) is 2. The summed E-state index contributed by atoms with van der Waals surface area (Å²) in [6, 6.07) is 5.74. The molecule has 2 aromatic rings. The maximum atomic E-state index is 9.34. The zero-order chi connectivity index (χ0) is 7.84. The molecule has 2 heteroatoms. The average Bonchev–Trinajstić information content (AvgIpc) is 2.45. The fourth-order valence-corrected chi connectivity index (χ4v) is 2.07. The fourth-order valence-electron chi connectivity index (χ4n) is 1.17. The normalized spacial score (nSPS) is 10.6. The third kappa shape index (κ3) is 0.906. The van der Waals surface area contributed by atoms with E-state index in [2.05, 4.69) is 6.07 Å². The smallest absolute Gasteiger partial charge is 0.119 e. The standard InChI is InChI=1S/C9H8OS/c1-6-8(10)3-2-7-4-5-11-9(6)7/h2-5,10H,1H3. The van der Waals surface area contributed by atoms with E-state index in [1.807, 2.05) is 18.4 Å². The first kappa shape index (κ1) is 6.68. The summed E-state index contributed by atoms with van der Waals surface area (Å²) in [5.41, 5.74) is 0.984. The number of aromatic hydroxyl groups is 1. The summed E-state index contributed by atoms with van der Waals surface area (Å²) in [7, 11) is 0. The van der Waals surface area contributed by atoms with E-state index >= 15 is 0 Å². The lowest BCUT2D eigenvalue weighted by molar-refractivity contribution is 0.472. The lowest BCUT2D eigenvalue weighted by Gasteiger charge is -1.97. The van der Waals surface area contributed by atoms with Crippen molar-refractivity contribution < 1.29 is 5.11 Å². The van der Waals surface area contributed by atoms with Gasteiger partial charge in [0.05, 0.1) is 0 Å². The molecule has 0 spiro atoms. The molecule has 1 heterocycles. The maximum absolute atomic E-state index is 9.34. The van der Waals surface area contributed by atoms with E-state index in [9.17, 15) is 5.11 Å². The predicted molar refractivity (Wildman–Crippen MR) is 48.2 cm³/mol. The van der Waals surface area contributed by atoms with Gasteiger partial charge in [0, 0.05) is 10.3 Å². The van der Waals surface area contributed by atoms with Crippen LogP contribution in [0.2, 0.25) is 0 Å². The maximum Gasteiger partial charge on any atom is 0.119 e. The summed E-state index contributed by atoms with van der Waals surface area (Å²) in [5.74, 6) is 0.389. The number of rotatable bonds is 0. The van der Waals surface area contributed by atoms with Crippen molar-refractivity contribution >= 4 is 21.4 Å². The van der Waals surface area contributed by atoms with Crippen molar-refractivity contribution in [1.82, 2.24) is 0 Å². The first-order valence-corrected chi connectivity index (χ1v) is 4.33. The van der Waals surface area contributed by atoms with Crippen molar-refractivity contribution in [3.63, 3.8) is 0 Å². The van der Waals surface area contributed by atoms with E-state index in [1.54, 1.807) is 17.4 Å². The van der Waals surface area contributed by atoms with Gasteiger partial charge in [0.2, 0.25) is 0 Å². The van der Waals surface area contributed by atoms with Gasteiger partial charge < -0.3 is 5.11 Å². The first-order chi connectivity index (χ1) is 5.29. The Hall–Kier alpha value is -1.02. The van der Waals surface area contributed by atoms with E-state index in [0.29, 0.717) is 5.75 Å². The summed E-state index contributed by atoms with van der Waals surface area (Å²) in [6.45, 7) is 1.94. The van der Waals surface area contributed by atoms with Gasteiger partial charge in [-0.25, -0.2) is 0 Å². The second kappa shape index (κ2) is 2.24. The molecule has 1 aromatic heterocycles. The summed E-state index contributed by atoms with van der Waals surface area (Å²) in [4.78, 5) is 0. The van der Waals surface area contributed by atoms with Gasteiger partial charge in [0.15, 0.2) is 0 Å². The van der Waals surface area contributed by atoms with Crippen LogP contribution in [-0.4, -0.2) is 5.11 Å². The SMILES string of the molecule is Cc1c(O)ccc2ccsc12. The molecule has 0 fully saturated rings. The highest BCUT2D eigenvalue weighted by atomic mass is 32.1. The highest BCUT2D eigenvalue weighted by Gasteiger charge is 2.01. The Labute approximate surface area is 68.9 Å². The highest BCUT2D eigenvalue weighted by molar-refractivity contribution is 7.17. The van der Waals surface area contributed by atoms with Gasteiger partial charge in [-0.1, -0.05) is 0 Å². The van der Waals surface area contributed by atoms with E-state index in [0.717, 1.165) is 5.56 Å². The van der Waals surface area contributed by atoms with Crippen LogP contribution in [0.4, 0.5) is 0 Å². The molecule has 0 amide bonds. The van der Waals surface area contributed by atoms with E-state index in [4.69, 9.17) is 0 Å². The monoisotopic (exact) mass is 164 g/mol. The van der Waals surface area contributed by atoms with Crippen molar-refractivity contribution in [2.24, 2.45) is 0 Å². The first-order valence-electron chi connectivity index (χ1n) is 3.45. The molecule has 0 unspecified atom stereocenters. The van der Waals surface area contributed by atoms with Crippen LogP contribution in [0.25, 0.3) is 10.1 Å². The van der Waals surface area contributed by atoms with Crippen LogP contribution < -0.4 is 0 Å². The molecule has 1 aromatic carbocycles. The third-order valence-electron chi connectivity index (χ3n) is 1.84. The Morgan fingerprint density at radius 2 is 2.09 bits per heavy atom. The molecule has 0 atom stereocenters. The Morgan fingerprint density at radius 3 is 2.91 bits per heavy atom. The predicted octanol–water partition coefficient (Wildman–Crippen LogP) is 2.92. The van der Waals surface area contributed by atoms with Crippen molar-refractivity contribution in [2.45, 2.75) is 6.92 Å². The van der Waals surface area contributed by atoms with Crippen molar-refractivity contribution in [2.75, 3.05) is 0 Å². The van der Waals surface area contributed by atoms with Crippen molar-refractivity contribution in [3.05, 3.63) is 29.1 Å². The van der Waals surface area contributed by atoms with Crippen LogP contribution in [0.15, 0.2) is 23.6 Å². The molecule has 0 aliphatic heterocycles. The topological polar surface area (TPSA) is 20.2 Å². The van der Waals surface area contributed by atoms with E-state index < -0.39 is 0 Å². The third-order valence-corrected chi connectivity index (χ3v) is 2.89. The molecule has 2 rings (SSSR count). The quantitative estimate of drug-likeness (QED) is 0.634. The molecule has 1 nitrogen and oxygen atoms in total.